The number of nitrogens with zero attached hydrogens (tertiary/aromatic N) is 2. The lowest BCUT2D eigenvalue weighted by molar-refractivity contribution is -0.120. The molecule has 2 aliphatic carbocycles. The molecule has 1 unspecified atom stereocenters. The normalized spacial score (nSPS) is 25.3. The number of ether oxygens (including phenoxy) is 1. The van der Waals surface area contributed by atoms with Gasteiger partial charge in [-0.2, -0.15) is 0 Å². The summed E-state index contributed by atoms with van der Waals surface area (Å²) < 4.78 is 6.03. The van der Waals surface area contributed by atoms with Crippen LogP contribution in [0.4, 0.5) is 9.93 Å². The van der Waals surface area contributed by atoms with Crippen molar-refractivity contribution in [2.45, 2.75) is 83.9 Å². The van der Waals surface area contributed by atoms with E-state index in [0.717, 1.165) is 43.4 Å². The molecular weight excluding hydrogens is 500 g/mol. The summed E-state index contributed by atoms with van der Waals surface area (Å²) in [5.41, 5.74) is 2.23. The third kappa shape index (κ3) is 6.20. The summed E-state index contributed by atoms with van der Waals surface area (Å²) in [6.07, 6.45) is 6.13. The van der Waals surface area contributed by atoms with Gasteiger partial charge in [-0.25, -0.2) is 9.78 Å². The van der Waals surface area contributed by atoms with Crippen LogP contribution in [0, 0.1) is 17.8 Å². The molecule has 8 nitrogen and oxygen atoms in total. The van der Waals surface area contributed by atoms with Gasteiger partial charge in [0.25, 0.3) is 5.91 Å². The molecule has 38 heavy (non-hydrogen) atoms. The Bertz CT molecular complexity index is 1160. The van der Waals surface area contributed by atoms with Crippen molar-refractivity contribution in [3.63, 3.8) is 0 Å². The zero-order valence-electron chi connectivity index (χ0n) is 22.4. The number of carbonyl (C=O) groups excluding carboxylic acids is 3. The van der Waals surface area contributed by atoms with Crippen molar-refractivity contribution in [2.24, 2.45) is 17.8 Å². The first-order chi connectivity index (χ1) is 18.3. The first-order valence-corrected chi connectivity index (χ1v) is 14.8. The standard InChI is InChI=1S/C29H38N4O4S/c1-17(2)22-13-6-18(3)15-25(22)37-29(36)33-14-4-5-24(33)27(35)32-28-31-23(16-38-28)19-7-9-20(10-8-19)26(34)30-21-11-12-21/h7-10,16-18,21-22,24-25H,4-6,11-15H2,1-3H3,(H,30,34)(H,31,32,35)/t18-,22+,24-,25?/m0/s1. The highest BCUT2D eigenvalue weighted by Crippen LogP contribution is 2.36. The fourth-order valence-electron chi connectivity index (χ4n) is 5.65. The monoisotopic (exact) mass is 538 g/mol. The second kappa shape index (κ2) is 11.4. The maximum atomic E-state index is 13.2. The molecular formula is C29H38N4O4S. The van der Waals surface area contributed by atoms with E-state index >= 15 is 0 Å². The van der Waals surface area contributed by atoms with Gasteiger partial charge in [-0.05, 0) is 68.4 Å². The molecule has 2 aromatic rings. The van der Waals surface area contributed by atoms with Crippen LogP contribution in [0.15, 0.2) is 29.6 Å². The molecule has 3 aliphatic rings. The molecule has 1 aromatic heterocycles. The number of benzene rings is 1. The van der Waals surface area contributed by atoms with Gasteiger partial charge in [0, 0.05) is 29.1 Å². The van der Waals surface area contributed by atoms with Gasteiger partial charge in [0.1, 0.15) is 12.1 Å². The van der Waals surface area contributed by atoms with E-state index in [2.05, 4.69) is 36.4 Å². The zero-order chi connectivity index (χ0) is 26.8. The quantitative estimate of drug-likeness (QED) is 0.471. The minimum Gasteiger partial charge on any atom is -0.446 e. The second-order valence-electron chi connectivity index (χ2n) is 11.5. The molecule has 2 N–H and O–H groups in total. The summed E-state index contributed by atoms with van der Waals surface area (Å²) >= 11 is 1.34. The fraction of sp³-hybridized carbons (Fsp3) is 0.586. The summed E-state index contributed by atoms with van der Waals surface area (Å²) in [4.78, 5) is 44.7. The Morgan fingerprint density at radius 1 is 1.08 bits per heavy atom. The van der Waals surface area contributed by atoms with Crippen molar-refractivity contribution >= 4 is 34.4 Å². The van der Waals surface area contributed by atoms with E-state index < -0.39 is 6.04 Å². The topological polar surface area (TPSA) is 101 Å². The maximum Gasteiger partial charge on any atom is 0.410 e. The van der Waals surface area contributed by atoms with Crippen molar-refractivity contribution in [2.75, 3.05) is 11.9 Å². The van der Waals surface area contributed by atoms with E-state index in [-0.39, 0.29) is 24.0 Å². The second-order valence-corrected chi connectivity index (χ2v) is 12.3. The summed E-state index contributed by atoms with van der Waals surface area (Å²) in [5, 5.41) is 8.27. The van der Waals surface area contributed by atoms with Crippen LogP contribution in [0.5, 0.6) is 0 Å². The number of aromatic nitrogens is 1. The van der Waals surface area contributed by atoms with Crippen molar-refractivity contribution in [3.8, 4) is 11.3 Å². The van der Waals surface area contributed by atoms with Gasteiger partial charge in [-0.15, -0.1) is 11.3 Å². The van der Waals surface area contributed by atoms with E-state index in [1.807, 2.05) is 17.5 Å². The lowest BCUT2D eigenvalue weighted by Crippen LogP contribution is -2.46. The van der Waals surface area contributed by atoms with Crippen molar-refractivity contribution < 1.29 is 19.1 Å². The highest BCUT2D eigenvalue weighted by molar-refractivity contribution is 7.14. The third-order valence-electron chi connectivity index (χ3n) is 8.09. The van der Waals surface area contributed by atoms with Crippen LogP contribution in [0.1, 0.15) is 76.1 Å². The smallest absolute Gasteiger partial charge is 0.410 e. The largest absolute Gasteiger partial charge is 0.446 e. The number of thiazole rings is 1. The number of nitrogens with one attached hydrogen (secondary N) is 2. The molecule has 3 amide bonds. The number of carbonyl (C=O) groups is 3. The molecule has 3 fully saturated rings. The van der Waals surface area contributed by atoms with E-state index in [4.69, 9.17) is 4.74 Å². The Morgan fingerprint density at radius 3 is 2.55 bits per heavy atom. The Labute approximate surface area is 228 Å². The maximum absolute atomic E-state index is 13.2. The van der Waals surface area contributed by atoms with E-state index in [9.17, 15) is 14.4 Å². The SMILES string of the molecule is CC(C)[C@H]1CC[C@H](C)CC1OC(=O)N1CCC[C@H]1C(=O)Nc1nc(-c2ccc(C(=O)NC3CC3)cc2)cs1. The van der Waals surface area contributed by atoms with Crippen LogP contribution in [0.3, 0.4) is 0 Å². The minimum absolute atomic E-state index is 0.0531. The zero-order valence-corrected chi connectivity index (χ0v) is 23.3. The van der Waals surface area contributed by atoms with Crippen LogP contribution in [0.25, 0.3) is 11.3 Å². The molecule has 9 heteroatoms. The van der Waals surface area contributed by atoms with Gasteiger partial charge >= 0.3 is 6.09 Å². The number of rotatable bonds is 7. The first-order valence-electron chi connectivity index (χ1n) is 13.9. The number of hydrogen-bond donors (Lipinski definition) is 2. The van der Waals surface area contributed by atoms with Crippen LogP contribution in [-0.4, -0.2) is 52.5 Å². The third-order valence-corrected chi connectivity index (χ3v) is 8.85. The van der Waals surface area contributed by atoms with Crippen molar-refractivity contribution in [3.05, 3.63) is 35.2 Å². The Morgan fingerprint density at radius 2 is 1.84 bits per heavy atom. The summed E-state index contributed by atoms with van der Waals surface area (Å²) in [6.45, 7) is 7.12. The highest BCUT2D eigenvalue weighted by Gasteiger charge is 2.39. The van der Waals surface area contributed by atoms with Crippen LogP contribution >= 0.6 is 11.3 Å². The van der Waals surface area contributed by atoms with E-state index in [1.54, 1.807) is 17.0 Å². The Balaban J connectivity index is 1.18. The highest BCUT2D eigenvalue weighted by atomic mass is 32.1. The van der Waals surface area contributed by atoms with E-state index in [1.165, 1.54) is 17.8 Å². The van der Waals surface area contributed by atoms with Crippen molar-refractivity contribution in [1.82, 2.24) is 15.2 Å². The Hall–Kier alpha value is -2.94. The van der Waals surface area contributed by atoms with Crippen LogP contribution in [0.2, 0.25) is 0 Å². The van der Waals surface area contributed by atoms with Crippen LogP contribution < -0.4 is 10.6 Å². The average molecular weight is 539 g/mol. The van der Waals surface area contributed by atoms with Gasteiger partial charge in [-0.1, -0.05) is 39.3 Å². The molecule has 204 valence electrons. The molecule has 0 bridgehead atoms. The molecule has 2 heterocycles. The lowest BCUT2D eigenvalue weighted by atomic mass is 9.75. The molecule has 0 radical (unpaired) electrons. The summed E-state index contributed by atoms with van der Waals surface area (Å²) in [5.74, 6) is 1.07. The summed E-state index contributed by atoms with van der Waals surface area (Å²) in [6, 6.07) is 7.09. The van der Waals surface area contributed by atoms with Gasteiger partial charge in [-0.3, -0.25) is 14.5 Å². The molecule has 1 aromatic carbocycles. The first kappa shape index (κ1) is 26.7. The number of amides is 3. The molecule has 0 spiro atoms. The van der Waals surface area contributed by atoms with Gasteiger partial charge in [0.2, 0.25) is 5.91 Å². The van der Waals surface area contributed by atoms with Gasteiger partial charge in [0.15, 0.2) is 5.13 Å². The predicted molar refractivity (Wildman–Crippen MR) is 148 cm³/mol. The average Bonchev–Trinajstić information content (AvgIpc) is 3.36. The predicted octanol–water partition coefficient (Wildman–Crippen LogP) is 5.70. The molecule has 2 saturated carbocycles. The molecule has 1 saturated heterocycles. The van der Waals surface area contributed by atoms with Crippen molar-refractivity contribution in [1.29, 1.82) is 0 Å². The van der Waals surface area contributed by atoms with E-state index in [0.29, 0.717) is 47.5 Å². The summed E-state index contributed by atoms with van der Waals surface area (Å²) in [7, 11) is 0. The van der Waals surface area contributed by atoms with Gasteiger partial charge in [0.05, 0.1) is 5.69 Å². The number of hydrogen-bond acceptors (Lipinski definition) is 6. The molecule has 1 aliphatic heterocycles. The lowest BCUT2D eigenvalue weighted by Gasteiger charge is -2.37. The molecule has 5 rings (SSSR count). The van der Waals surface area contributed by atoms with Crippen LogP contribution in [-0.2, 0) is 9.53 Å². The van der Waals surface area contributed by atoms with Gasteiger partial charge < -0.3 is 15.4 Å². The minimum atomic E-state index is -0.558. The Kier molecular flexibility index (Phi) is 8.02. The number of anilines is 1. The number of likely N-dealkylation sites (tertiary alicyclic amines) is 1. The molecule has 4 atom stereocenters. The fourth-order valence-corrected chi connectivity index (χ4v) is 6.37.